The third kappa shape index (κ3) is 16.8. The van der Waals surface area contributed by atoms with Crippen molar-refractivity contribution in [2.45, 2.75) is 107 Å². The number of hydrogen-bond acceptors (Lipinski definition) is 2. The van der Waals surface area contributed by atoms with E-state index in [9.17, 15) is 0 Å². The van der Waals surface area contributed by atoms with E-state index >= 15 is 0 Å². The fraction of sp³-hybridized carbons (Fsp3) is 0.708. The summed E-state index contributed by atoms with van der Waals surface area (Å²) >= 11 is -0.826. The Hall–Kier alpha value is 0.443. The van der Waals surface area contributed by atoms with Gasteiger partial charge in [0, 0.05) is 17.6 Å². The predicted octanol–water partition coefficient (Wildman–Crippen LogP) is 8.98. The number of halogens is 2. The van der Waals surface area contributed by atoms with Crippen LogP contribution >= 0.6 is 17.0 Å². The number of para-hydroxylation sites is 1. The minimum absolute atomic E-state index is 0.0705. The molecule has 0 heterocycles. The summed E-state index contributed by atoms with van der Waals surface area (Å²) in [5.41, 5.74) is 2.73. The van der Waals surface area contributed by atoms with Crippen LogP contribution in [0.3, 0.4) is 0 Å². The van der Waals surface area contributed by atoms with E-state index in [2.05, 4.69) is 85.5 Å². The molecule has 0 unspecified atom stereocenters. The third-order valence-corrected chi connectivity index (χ3v) is 3.76. The van der Waals surface area contributed by atoms with Crippen molar-refractivity contribution < 1.29 is 25.6 Å². The average Bonchev–Trinajstić information content (AvgIpc) is 2.57. The predicted molar refractivity (Wildman–Crippen MR) is 131 cm³/mol. The first kappa shape index (κ1) is 34.1. The maximum absolute atomic E-state index is 6.11. The van der Waals surface area contributed by atoms with Crippen LogP contribution in [0, 0.1) is 6.10 Å². The van der Waals surface area contributed by atoms with Gasteiger partial charge in [0.15, 0.2) is 0 Å². The van der Waals surface area contributed by atoms with E-state index in [1.807, 2.05) is 27.7 Å². The first-order valence-corrected chi connectivity index (χ1v) is 16.9. The van der Waals surface area contributed by atoms with E-state index in [4.69, 9.17) is 21.8 Å². The van der Waals surface area contributed by atoms with Crippen LogP contribution in [0.1, 0.15) is 101 Å². The van der Waals surface area contributed by atoms with Crippen LogP contribution in [0.15, 0.2) is 18.2 Å². The number of ether oxygens (including phenoxy) is 1. The van der Waals surface area contributed by atoms with Gasteiger partial charge in [-0.15, -0.1) is 0 Å². The van der Waals surface area contributed by atoms with Gasteiger partial charge < -0.3 is 4.74 Å². The molecule has 0 aliphatic carbocycles. The molecule has 0 amide bonds. The summed E-state index contributed by atoms with van der Waals surface area (Å²) in [6.45, 7) is 26.6. The second-order valence-electron chi connectivity index (χ2n) is 8.86. The normalized spacial score (nSPS) is 10.8. The molecular weight excluding hydrogens is 480 g/mol. The Labute approximate surface area is 201 Å². The first-order valence-electron chi connectivity index (χ1n) is 10.5. The van der Waals surface area contributed by atoms with Gasteiger partial charge in [-0.05, 0) is 38.8 Å². The van der Waals surface area contributed by atoms with Crippen molar-refractivity contribution in [2.75, 3.05) is 7.05 Å². The molecule has 0 saturated carbocycles. The van der Waals surface area contributed by atoms with E-state index in [-0.39, 0.29) is 11.0 Å². The SMILES string of the molecule is CC.CCC.C[C-](C)Oc1c(CN(C)C(C)(C)C)cccc1C(C)(C)C.[Cl][Zr][Cl]. The van der Waals surface area contributed by atoms with Crippen molar-refractivity contribution in [3.8, 4) is 5.75 Å². The molecule has 5 heteroatoms. The van der Waals surface area contributed by atoms with Crippen molar-refractivity contribution in [1.82, 2.24) is 4.90 Å². The van der Waals surface area contributed by atoms with E-state index in [0.717, 1.165) is 18.4 Å². The molecule has 1 aromatic carbocycles. The van der Waals surface area contributed by atoms with Crippen LogP contribution in [-0.2, 0) is 32.8 Å². The van der Waals surface area contributed by atoms with Crippen LogP contribution in [0.2, 0.25) is 0 Å². The van der Waals surface area contributed by atoms with Crippen LogP contribution in [0.25, 0.3) is 0 Å². The Kier molecular flexibility index (Phi) is 21.2. The van der Waals surface area contributed by atoms with Crippen molar-refractivity contribution in [1.29, 1.82) is 0 Å². The zero-order valence-corrected chi connectivity index (χ0v) is 25.2. The molecule has 0 N–H and O–H groups in total. The summed E-state index contributed by atoms with van der Waals surface area (Å²) < 4.78 is 6.11. The topological polar surface area (TPSA) is 12.5 Å². The standard InChI is InChI=1S/C19H32NO.C3H8.C2H6.2ClH.Zr/c1-14(2)21-17-15(13-20(9)19(6,7)8)11-10-12-16(17)18(3,4)5;1-3-2;1-2;;;/h10-12H,13H2,1-9H3;3H2,1-2H3;1-2H3;2*1H;/q-1;;;;;+2/p-2. The van der Waals surface area contributed by atoms with E-state index in [1.165, 1.54) is 17.5 Å². The van der Waals surface area contributed by atoms with E-state index in [0.29, 0.717) is 0 Å². The number of benzene rings is 1. The van der Waals surface area contributed by atoms with E-state index in [1.54, 1.807) is 0 Å². The van der Waals surface area contributed by atoms with Gasteiger partial charge in [0.1, 0.15) is 0 Å². The molecule has 1 aromatic rings. The molecule has 0 spiro atoms. The maximum atomic E-state index is 6.11. The first-order chi connectivity index (χ1) is 13.3. The number of rotatable bonds is 4. The van der Waals surface area contributed by atoms with Crippen molar-refractivity contribution in [3.05, 3.63) is 35.4 Å². The molecule has 0 radical (unpaired) electrons. The summed E-state index contributed by atoms with van der Waals surface area (Å²) in [4.78, 5) is 2.35. The molecule has 172 valence electrons. The molecule has 0 fully saturated rings. The van der Waals surface area contributed by atoms with Crippen LogP contribution in [0.4, 0.5) is 0 Å². The molecule has 0 aromatic heterocycles. The van der Waals surface area contributed by atoms with Gasteiger partial charge in [-0.1, -0.05) is 73.1 Å². The molecule has 2 nitrogen and oxygen atoms in total. The third-order valence-electron chi connectivity index (χ3n) is 3.76. The van der Waals surface area contributed by atoms with Gasteiger partial charge >= 0.3 is 37.9 Å². The zero-order chi connectivity index (χ0) is 23.8. The minimum atomic E-state index is -0.826. The Morgan fingerprint density at radius 3 is 1.72 bits per heavy atom. The van der Waals surface area contributed by atoms with Gasteiger partial charge in [-0.2, -0.15) is 20.0 Å². The number of nitrogens with zero attached hydrogens (tertiary/aromatic N) is 1. The van der Waals surface area contributed by atoms with Gasteiger partial charge in [-0.25, -0.2) is 0 Å². The van der Waals surface area contributed by atoms with Crippen molar-refractivity contribution >= 4 is 17.0 Å². The Balaban J connectivity index is -0.000000732. The molecule has 0 aliphatic heterocycles. The Bertz CT molecular complexity index is 507. The zero-order valence-electron chi connectivity index (χ0n) is 21.3. The van der Waals surface area contributed by atoms with Gasteiger partial charge in [-0.3, -0.25) is 4.90 Å². The van der Waals surface area contributed by atoms with Gasteiger partial charge in [0.25, 0.3) is 0 Å². The molecule has 29 heavy (non-hydrogen) atoms. The second kappa shape index (κ2) is 18.1. The fourth-order valence-corrected chi connectivity index (χ4v) is 2.12. The Morgan fingerprint density at radius 1 is 1.00 bits per heavy atom. The molecular formula is C24H46Cl2NOZr-. The van der Waals surface area contributed by atoms with Crippen molar-refractivity contribution in [2.24, 2.45) is 0 Å². The molecule has 0 saturated heterocycles. The summed E-state index contributed by atoms with van der Waals surface area (Å²) in [5.74, 6) is 1.03. The molecule has 1 rings (SSSR count). The van der Waals surface area contributed by atoms with Crippen LogP contribution < -0.4 is 4.74 Å². The summed E-state index contributed by atoms with van der Waals surface area (Å²) in [6.07, 6.45) is 2.23. The van der Waals surface area contributed by atoms with E-state index < -0.39 is 20.8 Å². The average molecular weight is 527 g/mol. The summed E-state index contributed by atoms with van der Waals surface area (Å²) in [5, 5.41) is 0. The fourth-order valence-electron chi connectivity index (χ4n) is 2.12. The molecule has 0 bridgehead atoms. The summed E-state index contributed by atoms with van der Waals surface area (Å²) in [7, 11) is 12.0. The van der Waals surface area contributed by atoms with Gasteiger partial charge in [0.2, 0.25) is 0 Å². The molecule has 0 aliphatic rings. The summed E-state index contributed by atoms with van der Waals surface area (Å²) in [6, 6.07) is 6.50. The van der Waals surface area contributed by atoms with Gasteiger partial charge in [0.05, 0.1) is 5.75 Å². The molecule has 0 atom stereocenters. The number of hydrogen-bond donors (Lipinski definition) is 0. The monoisotopic (exact) mass is 524 g/mol. The van der Waals surface area contributed by atoms with Crippen LogP contribution in [0.5, 0.6) is 5.75 Å². The Morgan fingerprint density at radius 2 is 1.41 bits per heavy atom. The quantitative estimate of drug-likeness (QED) is 0.363. The second-order valence-corrected chi connectivity index (χ2v) is 12.6. The van der Waals surface area contributed by atoms with Crippen LogP contribution in [-0.4, -0.2) is 17.5 Å². The van der Waals surface area contributed by atoms with Crippen molar-refractivity contribution in [3.63, 3.8) is 0 Å².